The molecule has 0 aliphatic heterocycles. The smallest absolute Gasteiger partial charge is 0.224 e. The van der Waals surface area contributed by atoms with Gasteiger partial charge in [0.2, 0.25) is 5.91 Å². The highest BCUT2D eigenvalue weighted by Gasteiger charge is 2.17. The summed E-state index contributed by atoms with van der Waals surface area (Å²) < 4.78 is 0. The monoisotopic (exact) mass is 263 g/mol. The minimum atomic E-state index is -0.273. The number of amides is 1. The number of carbonyl (C=O) groups is 1. The van der Waals surface area contributed by atoms with Crippen molar-refractivity contribution in [3.63, 3.8) is 0 Å². The first kappa shape index (κ1) is 15.7. The van der Waals surface area contributed by atoms with Gasteiger partial charge in [0.1, 0.15) is 0 Å². The minimum Gasteiger partial charge on any atom is -0.392 e. The molecule has 1 aromatic carbocycles. The topological polar surface area (TPSA) is 63.3 Å². The SMILES string of the molecule is CCCCCCCC(C(N)=O)c1cccc(CO)c1. The van der Waals surface area contributed by atoms with E-state index in [2.05, 4.69) is 6.92 Å². The number of unbranched alkanes of at least 4 members (excludes halogenated alkanes) is 4. The molecule has 0 aliphatic rings. The predicted octanol–water partition coefficient (Wildman–Crippen LogP) is 3.11. The van der Waals surface area contributed by atoms with Gasteiger partial charge in [-0.3, -0.25) is 4.79 Å². The van der Waals surface area contributed by atoms with E-state index in [9.17, 15) is 4.79 Å². The third-order valence-corrected chi connectivity index (χ3v) is 3.48. The fraction of sp³-hybridized carbons (Fsp3) is 0.562. The Morgan fingerprint density at radius 2 is 2.00 bits per heavy atom. The molecule has 1 unspecified atom stereocenters. The van der Waals surface area contributed by atoms with Crippen LogP contribution in [-0.4, -0.2) is 11.0 Å². The fourth-order valence-corrected chi connectivity index (χ4v) is 2.33. The summed E-state index contributed by atoms with van der Waals surface area (Å²) in [5.41, 5.74) is 7.25. The number of carbonyl (C=O) groups excluding carboxylic acids is 1. The lowest BCUT2D eigenvalue weighted by Gasteiger charge is -2.14. The van der Waals surface area contributed by atoms with Gasteiger partial charge in [-0.2, -0.15) is 0 Å². The normalized spacial score (nSPS) is 12.3. The van der Waals surface area contributed by atoms with Gasteiger partial charge in [-0.25, -0.2) is 0 Å². The maximum Gasteiger partial charge on any atom is 0.224 e. The molecule has 1 amide bonds. The Hall–Kier alpha value is -1.35. The third kappa shape index (κ3) is 5.43. The maximum absolute atomic E-state index is 11.6. The largest absolute Gasteiger partial charge is 0.392 e. The highest BCUT2D eigenvalue weighted by atomic mass is 16.3. The zero-order valence-corrected chi connectivity index (χ0v) is 11.8. The van der Waals surface area contributed by atoms with Crippen LogP contribution in [-0.2, 0) is 11.4 Å². The Labute approximate surface area is 115 Å². The molecule has 0 saturated heterocycles. The molecule has 0 saturated carbocycles. The van der Waals surface area contributed by atoms with Crippen molar-refractivity contribution in [2.75, 3.05) is 0 Å². The molecule has 1 atom stereocenters. The number of primary amides is 1. The molecule has 106 valence electrons. The van der Waals surface area contributed by atoms with Crippen LogP contribution in [0.15, 0.2) is 24.3 Å². The van der Waals surface area contributed by atoms with Crippen molar-refractivity contribution >= 4 is 5.91 Å². The Morgan fingerprint density at radius 1 is 1.26 bits per heavy atom. The quantitative estimate of drug-likeness (QED) is 0.672. The number of hydrogen-bond acceptors (Lipinski definition) is 2. The van der Waals surface area contributed by atoms with Crippen molar-refractivity contribution in [1.82, 2.24) is 0 Å². The zero-order valence-electron chi connectivity index (χ0n) is 11.8. The second kappa shape index (κ2) is 8.70. The van der Waals surface area contributed by atoms with Crippen molar-refractivity contribution in [3.05, 3.63) is 35.4 Å². The number of aliphatic hydroxyl groups is 1. The van der Waals surface area contributed by atoms with E-state index in [4.69, 9.17) is 10.8 Å². The lowest BCUT2D eigenvalue weighted by Crippen LogP contribution is -2.21. The van der Waals surface area contributed by atoms with E-state index in [1.165, 1.54) is 19.3 Å². The number of nitrogens with two attached hydrogens (primary N) is 1. The maximum atomic E-state index is 11.6. The van der Waals surface area contributed by atoms with Crippen LogP contribution in [0.1, 0.15) is 62.5 Å². The molecule has 0 heterocycles. The van der Waals surface area contributed by atoms with Crippen molar-refractivity contribution in [3.8, 4) is 0 Å². The van der Waals surface area contributed by atoms with Gasteiger partial charge >= 0.3 is 0 Å². The highest BCUT2D eigenvalue weighted by molar-refractivity contribution is 5.81. The molecule has 0 radical (unpaired) electrons. The third-order valence-electron chi connectivity index (χ3n) is 3.48. The van der Waals surface area contributed by atoms with Gasteiger partial charge in [-0.15, -0.1) is 0 Å². The summed E-state index contributed by atoms with van der Waals surface area (Å²) in [7, 11) is 0. The van der Waals surface area contributed by atoms with Gasteiger partial charge in [-0.05, 0) is 17.5 Å². The van der Waals surface area contributed by atoms with Crippen LogP contribution in [0.4, 0.5) is 0 Å². The van der Waals surface area contributed by atoms with E-state index in [0.29, 0.717) is 0 Å². The van der Waals surface area contributed by atoms with Gasteiger partial charge in [0, 0.05) is 0 Å². The minimum absolute atomic E-state index is 0.00414. The summed E-state index contributed by atoms with van der Waals surface area (Å²) in [6.07, 6.45) is 6.67. The Bertz CT molecular complexity index is 390. The summed E-state index contributed by atoms with van der Waals surface area (Å²) in [6, 6.07) is 7.51. The molecule has 1 aromatic rings. The molecule has 3 nitrogen and oxygen atoms in total. The van der Waals surface area contributed by atoms with Crippen molar-refractivity contribution in [2.24, 2.45) is 5.73 Å². The highest BCUT2D eigenvalue weighted by Crippen LogP contribution is 2.23. The van der Waals surface area contributed by atoms with Gasteiger partial charge in [0.05, 0.1) is 12.5 Å². The second-order valence-electron chi connectivity index (χ2n) is 5.06. The van der Waals surface area contributed by atoms with Gasteiger partial charge < -0.3 is 10.8 Å². The van der Waals surface area contributed by atoms with Gasteiger partial charge in [0.15, 0.2) is 0 Å². The van der Waals surface area contributed by atoms with Crippen LogP contribution in [0.2, 0.25) is 0 Å². The second-order valence-corrected chi connectivity index (χ2v) is 5.06. The fourth-order valence-electron chi connectivity index (χ4n) is 2.33. The van der Waals surface area contributed by atoms with Crippen LogP contribution in [0, 0.1) is 0 Å². The van der Waals surface area contributed by atoms with Gasteiger partial charge in [-0.1, -0.05) is 63.3 Å². The number of hydrogen-bond donors (Lipinski definition) is 2. The van der Waals surface area contributed by atoms with E-state index in [1.807, 2.05) is 24.3 Å². The molecule has 0 aromatic heterocycles. The molecule has 0 fully saturated rings. The summed E-state index contributed by atoms with van der Waals surface area (Å²) in [5.74, 6) is -0.501. The molecule has 0 aliphatic carbocycles. The molecular weight excluding hydrogens is 238 g/mol. The van der Waals surface area contributed by atoms with E-state index >= 15 is 0 Å². The van der Waals surface area contributed by atoms with E-state index in [-0.39, 0.29) is 18.4 Å². The molecular formula is C16H25NO2. The Balaban J connectivity index is 2.58. The van der Waals surface area contributed by atoms with Crippen LogP contribution in [0.5, 0.6) is 0 Å². The molecule has 0 bridgehead atoms. The van der Waals surface area contributed by atoms with E-state index in [0.717, 1.165) is 30.4 Å². The van der Waals surface area contributed by atoms with E-state index < -0.39 is 0 Å². The summed E-state index contributed by atoms with van der Waals surface area (Å²) in [5, 5.41) is 9.14. The Morgan fingerprint density at radius 3 is 2.63 bits per heavy atom. The average molecular weight is 263 g/mol. The number of rotatable bonds is 9. The van der Waals surface area contributed by atoms with Crippen LogP contribution < -0.4 is 5.73 Å². The summed E-state index contributed by atoms with van der Waals surface area (Å²) >= 11 is 0. The number of benzene rings is 1. The van der Waals surface area contributed by atoms with Crippen LogP contribution in [0.25, 0.3) is 0 Å². The average Bonchev–Trinajstić information content (AvgIpc) is 2.42. The van der Waals surface area contributed by atoms with Crippen molar-refractivity contribution < 1.29 is 9.90 Å². The summed E-state index contributed by atoms with van der Waals surface area (Å²) in [6.45, 7) is 2.18. The molecule has 0 spiro atoms. The van der Waals surface area contributed by atoms with Crippen molar-refractivity contribution in [2.45, 2.75) is 58.0 Å². The molecule has 19 heavy (non-hydrogen) atoms. The van der Waals surface area contributed by atoms with Gasteiger partial charge in [0.25, 0.3) is 0 Å². The molecule has 1 rings (SSSR count). The zero-order chi connectivity index (χ0) is 14.1. The molecule has 3 N–H and O–H groups in total. The lowest BCUT2D eigenvalue weighted by atomic mass is 9.91. The lowest BCUT2D eigenvalue weighted by molar-refractivity contribution is -0.119. The molecule has 3 heteroatoms. The van der Waals surface area contributed by atoms with Crippen molar-refractivity contribution in [1.29, 1.82) is 0 Å². The first-order valence-corrected chi connectivity index (χ1v) is 7.18. The first-order valence-electron chi connectivity index (χ1n) is 7.18. The standard InChI is InChI=1S/C16H25NO2/c1-2-3-4-5-6-10-15(16(17)19)14-9-7-8-13(11-14)12-18/h7-9,11,15,18H,2-6,10,12H2,1H3,(H2,17,19). The van der Waals surface area contributed by atoms with Crippen LogP contribution >= 0.6 is 0 Å². The van der Waals surface area contributed by atoms with Crippen LogP contribution in [0.3, 0.4) is 0 Å². The first-order chi connectivity index (χ1) is 9.19. The predicted molar refractivity (Wildman–Crippen MR) is 77.7 cm³/mol. The Kier molecular flexibility index (Phi) is 7.19. The van der Waals surface area contributed by atoms with E-state index in [1.54, 1.807) is 0 Å². The number of aliphatic hydroxyl groups excluding tert-OH is 1. The summed E-state index contributed by atoms with van der Waals surface area (Å²) in [4.78, 5) is 11.6.